The first-order chi connectivity index (χ1) is 13.9. The molecule has 0 fully saturated rings. The number of nitrogens with two attached hydrogens (primary N) is 2. The molecule has 0 aromatic carbocycles. The number of carbonyl (C=O) groups excluding carboxylic acids is 3. The van der Waals surface area contributed by atoms with E-state index in [9.17, 15) is 14.4 Å². The summed E-state index contributed by atoms with van der Waals surface area (Å²) >= 11 is 4.00. The highest BCUT2D eigenvalue weighted by Crippen LogP contribution is 2.06. The molecule has 0 aliphatic rings. The van der Waals surface area contributed by atoms with E-state index in [4.69, 9.17) is 20.9 Å². The van der Waals surface area contributed by atoms with Gasteiger partial charge in [0.2, 0.25) is 5.91 Å². The van der Waals surface area contributed by atoms with Crippen LogP contribution in [0.25, 0.3) is 0 Å². The van der Waals surface area contributed by atoms with Crippen LogP contribution < -0.4 is 22.1 Å². The summed E-state index contributed by atoms with van der Waals surface area (Å²) in [5.74, 6) is -0.330. The molecule has 10 heteroatoms. The second kappa shape index (κ2) is 14.9. The predicted octanol–water partition coefficient (Wildman–Crippen LogP) is -0.193. The molecular weight excluding hydrogens is 408 g/mol. The molecule has 0 bridgehead atoms. The minimum Gasteiger partial charge on any atom is -0.378 e. The smallest absolute Gasteiger partial charge is 0.234 e. The number of thiol groups is 1. The van der Waals surface area contributed by atoms with Gasteiger partial charge in [0.1, 0.15) is 6.61 Å². The van der Waals surface area contributed by atoms with Crippen LogP contribution in [0.3, 0.4) is 0 Å². The fourth-order valence-corrected chi connectivity index (χ4v) is 2.82. The fraction of sp³-hybridized carbons (Fsp3) is 0.850. The molecule has 0 heterocycles. The summed E-state index contributed by atoms with van der Waals surface area (Å²) < 4.78 is 10.9. The molecule has 0 aliphatic heterocycles. The molecule has 0 spiro atoms. The van der Waals surface area contributed by atoms with Gasteiger partial charge in [-0.25, -0.2) is 0 Å². The van der Waals surface area contributed by atoms with Crippen molar-refractivity contribution >= 4 is 30.1 Å². The van der Waals surface area contributed by atoms with Gasteiger partial charge >= 0.3 is 0 Å². The van der Waals surface area contributed by atoms with Gasteiger partial charge in [-0.05, 0) is 47.1 Å². The number of unbranched alkanes of at least 4 members (excludes halogenated alkanes) is 1. The van der Waals surface area contributed by atoms with Gasteiger partial charge in [-0.2, -0.15) is 12.6 Å². The number of primary amides is 1. The monoisotopic (exact) mass is 448 g/mol. The van der Waals surface area contributed by atoms with Gasteiger partial charge < -0.3 is 31.6 Å². The molecule has 9 nitrogen and oxygen atoms in total. The minimum absolute atomic E-state index is 0.00234. The Morgan fingerprint density at radius 2 is 1.47 bits per heavy atom. The van der Waals surface area contributed by atoms with Gasteiger partial charge in [0, 0.05) is 6.54 Å². The van der Waals surface area contributed by atoms with Crippen LogP contribution in [0, 0.1) is 0 Å². The van der Waals surface area contributed by atoms with E-state index >= 15 is 0 Å². The summed E-state index contributed by atoms with van der Waals surface area (Å²) in [4.78, 5) is 34.9. The first kappa shape index (κ1) is 29.0. The van der Waals surface area contributed by atoms with E-state index in [1.807, 2.05) is 27.7 Å². The van der Waals surface area contributed by atoms with Crippen LogP contribution in [-0.4, -0.2) is 79.9 Å². The number of rotatable bonds is 19. The van der Waals surface area contributed by atoms with Crippen LogP contribution in [0.5, 0.6) is 0 Å². The molecule has 0 aromatic heterocycles. The van der Waals surface area contributed by atoms with Crippen LogP contribution in [0.1, 0.15) is 47.0 Å². The maximum Gasteiger partial charge on any atom is 0.234 e. The lowest BCUT2D eigenvalue weighted by Crippen LogP contribution is -2.49. The van der Waals surface area contributed by atoms with Crippen molar-refractivity contribution in [3.8, 4) is 0 Å². The highest BCUT2D eigenvalue weighted by molar-refractivity contribution is 7.81. The van der Waals surface area contributed by atoms with Crippen LogP contribution in [0.15, 0.2) is 0 Å². The van der Waals surface area contributed by atoms with E-state index in [1.165, 1.54) is 0 Å². The van der Waals surface area contributed by atoms with E-state index < -0.39 is 23.0 Å². The molecule has 176 valence electrons. The van der Waals surface area contributed by atoms with Crippen molar-refractivity contribution in [3.05, 3.63) is 0 Å². The Labute approximate surface area is 185 Å². The zero-order chi connectivity index (χ0) is 23.2. The van der Waals surface area contributed by atoms with Crippen molar-refractivity contribution in [3.63, 3.8) is 0 Å². The Morgan fingerprint density at radius 3 is 2.07 bits per heavy atom. The number of ether oxygens (including phenoxy) is 2. The Hall–Kier alpha value is -1.04. The minimum atomic E-state index is -0.707. The number of nitrogens with one attached hydrogen (secondary N) is 2. The topological polar surface area (TPSA) is 146 Å². The number of hydrogen-bond donors (Lipinski definition) is 5. The van der Waals surface area contributed by atoms with E-state index in [2.05, 4.69) is 23.3 Å². The second-order valence-corrected chi connectivity index (χ2v) is 8.59. The molecule has 0 aromatic rings. The number of ketones is 2. The first-order valence-electron chi connectivity index (χ1n) is 10.3. The molecule has 0 saturated carbocycles. The van der Waals surface area contributed by atoms with Crippen LogP contribution in [0.4, 0.5) is 0 Å². The lowest BCUT2D eigenvalue weighted by Gasteiger charge is -2.25. The number of carbonyl (C=O) groups is 3. The Bertz CT molecular complexity index is 543. The molecule has 6 N–H and O–H groups in total. The van der Waals surface area contributed by atoms with Crippen LogP contribution >= 0.6 is 12.6 Å². The van der Waals surface area contributed by atoms with E-state index in [1.54, 1.807) is 0 Å². The lowest BCUT2D eigenvalue weighted by molar-refractivity contribution is -0.129. The van der Waals surface area contributed by atoms with Gasteiger partial charge in [-0.15, -0.1) is 0 Å². The summed E-state index contributed by atoms with van der Waals surface area (Å²) in [5, 5.41) is 6.32. The number of amides is 1. The highest BCUT2D eigenvalue weighted by Gasteiger charge is 2.26. The molecule has 0 rings (SSSR count). The largest absolute Gasteiger partial charge is 0.378 e. The molecule has 0 saturated heterocycles. The summed E-state index contributed by atoms with van der Waals surface area (Å²) in [5.41, 5.74) is 9.37. The van der Waals surface area contributed by atoms with E-state index in [-0.39, 0.29) is 23.9 Å². The third-order valence-corrected chi connectivity index (χ3v) is 5.12. The van der Waals surface area contributed by atoms with Crippen molar-refractivity contribution in [2.75, 3.05) is 45.3 Å². The maximum atomic E-state index is 12.3. The number of Topliss-reactive ketones (excluding diaryl/α,β-unsaturated/α-hetero) is 2. The van der Waals surface area contributed by atoms with Gasteiger partial charge in [0.15, 0.2) is 11.6 Å². The maximum absolute atomic E-state index is 12.3. The van der Waals surface area contributed by atoms with E-state index in [0.29, 0.717) is 39.3 Å². The molecule has 1 atom stereocenters. The average Bonchev–Trinajstić information content (AvgIpc) is 2.68. The van der Waals surface area contributed by atoms with Crippen LogP contribution in [-0.2, 0) is 23.9 Å². The molecule has 1 amide bonds. The first-order valence-corrected chi connectivity index (χ1v) is 10.9. The Balaban J connectivity index is 3.81. The van der Waals surface area contributed by atoms with Crippen molar-refractivity contribution in [2.45, 2.75) is 64.1 Å². The van der Waals surface area contributed by atoms with Crippen molar-refractivity contribution in [2.24, 2.45) is 11.5 Å². The summed E-state index contributed by atoms with van der Waals surface area (Å²) in [6, 6.07) is -0.618. The second-order valence-electron chi connectivity index (χ2n) is 8.28. The van der Waals surface area contributed by atoms with Gasteiger partial charge in [-0.1, -0.05) is 6.42 Å². The van der Waals surface area contributed by atoms with Gasteiger partial charge in [0.05, 0.1) is 42.7 Å². The van der Waals surface area contributed by atoms with Crippen molar-refractivity contribution in [1.82, 2.24) is 10.6 Å². The van der Waals surface area contributed by atoms with Gasteiger partial charge in [0.25, 0.3) is 0 Å². The quantitative estimate of drug-likeness (QED) is 0.135. The van der Waals surface area contributed by atoms with Crippen molar-refractivity contribution < 1.29 is 23.9 Å². The lowest BCUT2D eigenvalue weighted by atomic mass is 9.99. The summed E-state index contributed by atoms with van der Waals surface area (Å²) in [6.07, 6.45) is 2.08. The summed E-state index contributed by atoms with van der Waals surface area (Å²) in [6.45, 7) is 9.52. The fourth-order valence-electron chi connectivity index (χ4n) is 2.43. The highest BCUT2D eigenvalue weighted by atomic mass is 32.1. The normalized spacial score (nSPS) is 13.3. The molecule has 0 aliphatic carbocycles. The third kappa shape index (κ3) is 12.6. The van der Waals surface area contributed by atoms with Crippen molar-refractivity contribution in [1.29, 1.82) is 0 Å². The van der Waals surface area contributed by atoms with Crippen LogP contribution in [0.2, 0.25) is 0 Å². The number of hydrogen-bond acceptors (Lipinski definition) is 9. The average molecular weight is 449 g/mol. The predicted molar refractivity (Wildman–Crippen MR) is 121 cm³/mol. The SMILES string of the molecule is CC(C)(NCCOCCOCC(=O)C(C)(C)NCCCCC(N)C(N)=O)C(=O)CS. The molecule has 1 unspecified atom stereocenters. The Morgan fingerprint density at radius 1 is 0.900 bits per heavy atom. The van der Waals surface area contributed by atoms with E-state index in [0.717, 1.165) is 12.8 Å². The summed E-state index contributed by atoms with van der Waals surface area (Å²) in [7, 11) is 0. The molecule has 30 heavy (non-hydrogen) atoms. The third-order valence-electron chi connectivity index (χ3n) is 4.83. The zero-order valence-electron chi connectivity index (χ0n) is 18.8. The Kier molecular flexibility index (Phi) is 14.4. The van der Waals surface area contributed by atoms with Gasteiger partial charge in [-0.3, -0.25) is 14.4 Å². The molecule has 0 radical (unpaired) electrons. The standard InChI is InChI=1S/C20H40N4O5S/c1-19(2,23-8-6-5-7-15(21)18(22)27)16(25)13-29-12-11-28-10-9-24-20(3,4)17(26)14-30/h15,23-24,30H,5-14,21H2,1-4H3,(H2,22,27). The zero-order valence-corrected chi connectivity index (χ0v) is 19.7. The molecular formula is C20H40N4O5S.